The summed E-state index contributed by atoms with van der Waals surface area (Å²) in [5.74, 6) is 0.128. The van der Waals surface area contributed by atoms with E-state index in [1.165, 1.54) is 17.5 Å². The number of carbonyl (C=O) groups excluding carboxylic acids is 1. The van der Waals surface area contributed by atoms with Gasteiger partial charge in [-0.25, -0.2) is 0 Å². The van der Waals surface area contributed by atoms with E-state index in [1.54, 1.807) is 0 Å². The van der Waals surface area contributed by atoms with Gasteiger partial charge in [0.05, 0.1) is 18.2 Å². The Balaban J connectivity index is 1.57. The molecule has 0 aliphatic carbocycles. The molecule has 3 rings (SSSR count). The molecule has 138 valence electrons. The van der Waals surface area contributed by atoms with Gasteiger partial charge in [0.15, 0.2) is 0 Å². The summed E-state index contributed by atoms with van der Waals surface area (Å²) in [7, 11) is 0. The van der Waals surface area contributed by atoms with Crippen molar-refractivity contribution in [1.82, 2.24) is 15.5 Å². The van der Waals surface area contributed by atoms with Crippen molar-refractivity contribution in [3.63, 3.8) is 0 Å². The van der Waals surface area contributed by atoms with E-state index in [0.717, 1.165) is 39.0 Å². The lowest BCUT2D eigenvalue weighted by Crippen LogP contribution is -2.46. The summed E-state index contributed by atoms with van der Waals surface area (Å²) in [4.78, 5) is 14.8. The van der Waals surface area contributed by atoms with Crippen LogP contribution in [0.5, 0.6) is 0 Å². The maximum atomic E-state index is 12.4. The Morgan fingerprint density at radius 2 is 1.92 bits per heavy atom. The molecule has 1 aromatic rings. The molecule has 2 fully saturated rings. The van der Waals surface area contributed by atoms with E-state index in [-0.39, 0.29) is 24.2 Å². The number of rotatable bonds is 5. The van der Waals surface area contributed by atoms with Gasteiger partial charge in [-0.1, -0.05) is 30.7 Å². The van der Waals surface area contributed by atoms with E-state index in [0.29, 0.717) is 6.54 Å². The maximum Gasteiger partial charge on any atom is 0.237 e. The van der Waals surface area contributed by atoms with Crippen molar-refractivity contribution in [1.29, 1.82) is 0 Å². The van der Waals surface area contributed by atoms with Crippen LogP contribution in [0.3, 0.4) is 0 Å². The summed E-state index contributed by atoms with van der Waals surface area (Å²) >= 11 is 0. The number of piperidine rings is 1. The second-order valence-electron chi connectivity index (χ2n) is 7.44. The van der Waals surface area contributed by atoms with E-state index in [9.17, 15) is 4.79 Å². The molecule has 1 aromatic carbocycles. The fraction of sp³-hybridized carbons (Fsp3) is 0.650. The summed E-state index contributed by atoms with van der Waals surface area (Å²) in [5.41, 5.74) is 2.50. The van der Waals surface area contributed by atoms with Crippen molar-refractivity contribution in [3.05, 3.63) is 35.4 Å². The van der Waals surface area contributed by atoms with Crippen LogP contribution in [0.15, 0.2) is 24.3 Å². The molecule has 2 aliphatic heterocycles. The molecule has 2 N–H and O–H groups in total. The minimum Gasteiger partial charge on any atom is -0.373 e. The molecule has 0 radical (unpaired) electrons. The van der Waals surface area contributed by atoms with Crippen LogP contribution in [0.25, 0.3) is 0 Å². The smallest absolute Gasteiger partial charge is 0.237 e. The monoisotopic (exact) mass is 345 g/mol. The van der Waals surface area contributed by atoms with Gasteiger partial charge in [0, 0.05) is 26.2 Å². The third-order valence-corrected chi connectivity index (χ3v) is 5.09. The zero-order valence-corrected chi connectivity index (χ0v) is 15.5. The molecule has 5 heteroatoms. The molecule has 2 heterocycles. The van der Waals surface area contributed by atoms with E-state index in [4.69, 9.17) is 4.74 Å². The van der Waals surface area contributed by atoms with Gasteiger partial charge in [-0.05, 0) is 44.4 Å². The van der Waals surface area contributed by atoms with Gasteiger partial charge in [0.1, 0.15) is 0 Å². The number of hydrogen-bond donors (Lipinski definition) is 2. The minimum absolute atomic E-state index is 0.0261. The SMILES string of the molecule is C[C@@H]1CN(Cc2ccccc2CNC(=O)[C@H]2CCCCN2)C[C@@H](C)O1. The van der Waals surface area contributed by atoms with Crippen LogP contribution in [0, 0.1) is 0 Å². The predicted molar refractivity (Wildman–Crippen MR) is 99.2 cm³/mol. The molecule has 3 atom stereocenters. The van der Waals surface area contributed by atoms with Gasteiger partial charge in [0.25, 0.3) is 0 Å². The third-order valence-electron chi connectivity index (χ3n) is 5.09. The third kappa shape index (κ3) is 5.27. The number of nitrogens with zero attached hydrogens (tertiary/aromatic N) is 1. The molecule has 25 heavy (non-hydrogen) atoms. The lowest BCUT2D eigenvalue weighted by atomic mass is 10.0. The Morgan fingerprint density at radius 3 is 2.60 bits per heavy atom. The fourth-order valence-electron chi connectivity index (χ4n) is 3.92. The van der Waals surface area contributed by atoms with E-state index in [1.807, 2.05) is 0 Å². The molecule has 0 saturated carbocycles. The number of benzene rings is 1. The van der Waals surface area contributed by atoms with Crippen molar-refractivity contribution >= 4 is 5.91 Å². The molecule has 0 spiro atoms. The Bertz CT molecular complexity index is 562. The highest BCUT2D eigenvalue weighted by molar-refractivity contribution is 5.81. The second-order valence-corrected chi connectivity index (χ2v) is 7.44. The zero-order chi connectivity index (χ0) is 17.6. The molecule has 5 nitrogen and oxygen atoms in total. The zero-order valence-electron chi connectivity index (χ0n) is 15.5. The summed E-state index contributed by atoms with van der Waals surface area (Å²) in [5, 5.41) is 6.43. The molecular formula is C20H31N3O2. The molecule has 0 bridgehead atoms. The van der Waals surface area contributed by atoms with Crippen LogP contribution in [-0.2, 0) is 22.6 Å². The van der Waals surface area contributed by atoms with Crippen molar-refractivity contribution < 1.29 is 9.53 Å². The molecule has 2 aliphatic rings. The standard InChI is InChI=1S/C20H31N3O2/c1-15-12-23(13-16(2)25-15)14-18-8-4-3-7-17(18)11-22-20(24)19-9-5-6-10-21-19/h3-4,7-8,15-16,19,21H,5-6,9-14H2,1-2H3,(H,22,24)/t15-,16-,19-/m1/s1. The van der Waals surface area contributed by atoms with Crippen LogP contribution in [0.1, 0.15) is 44.2 Å². The number of ether oxygens (including phenoxy) is 1. The van der Waals surface area contributed by atoms with Crippen LogP contribution in [-0.4, -0.2) is 48.7 Å². The molecule has 0 unspecified atom stereocenters. The second kappa shape index (κ2) is 8.79. The lowest BCUT2D eigenvalue weighted by molar-refractivity contribution is -0.123. The molecular weight excluding hydrogens is 314 g/mol. The van der Waals surface area contributed by atoms with E-state index < -0.39 is 0 Å². The molecule has 0 aromatic heterocycles. The van der Waals surface area contributed by atoms with Crippen molar-refractivity contribution in [2.75, 3.05) is 19.6 Å². The minimum atomic E-state index is -0.0261. The number of amides is 1. The average Bonchev–Trinajstić information content (AvgIpc) is 2.60. The molecule has 2 saturated heterocycles. The largest absolute Gasteiger partial charge is 0.373 e. The van der Waals surface area contributed by atoms with Gasteiger partial charge in [0.2, 0.25) is 5.91 Å². The Kier molecular flexibility index (Phi) is 6.45. The first-order valence-corrected chi connectivity index (χ1v) is 9.57. The highest BCUT2D eigenvalue weighted by Gasteiger charge is 2.23. The summed E-state index contributed by atoms with van der Waals surface area (Å²) in [6, 6.07) is 8.40. The van der Waals surface area contributed by atoms with Gasteiger partial charge < -0.3 is 15.4 Å². The van der Waals surface area contributed by atoms with Crippen LogP contribution >= 0.6 is 0 Å². The van der Waals surface area contributed by atoms with E-state index in [2.05, 4.69) is 53.6 Å². The maximum absolute atomic E-state index is 12.4. The topological polar surface area (TPSA) is 53.6 Å². The first kappa shape index (κ1) is 18.4. The summed E-state index contributed by atoms with van der Waals surface area (Å²) in [6.45, 7) is 8.63. The quantitative estimate of drug-likeness (QED) is 0.858. The van der Waals surface area contributed by atoms with Gasteiger partial charge in [-0.2, -0.15) is 0 Å². The fourth-order valence-corrected chi connectivity index (χ4v) is 3.92. The number of nitrogens with one attached hydrogen (secondary N) is 2. The summed E-state index contributed by atoms with van der Waals surface area (Å²) < 4.78 is 5.82. The van der Waals surface area contributed by atoms with Crippen LogP contribution < -0.4 is 10.6 Å². The predicted octanol–water partition coefficient (Wildman–Crippen LogP) is 2.05. The average molecular weight is 345 g/mol. The van der Waals surface area contributed by atoms with Crippen LogP contribution in [0.4, 0.5) is 0 Å². The molecule has 1 amide bonds. The normalized spacial score (nSPS) is 27.8. The van der Waals surface area contributed by atoms with Crippen molar-refractivity contribution in [3.8, 4) is 0 Å². The Hall–Kier alpha value is -1.43. The van der Waals surface area contributed by atoms with E-state index >= 15 is 0 Å². The summed E-state index contributed by atoms with van der Waals surface area (Å²) in [6.07, 6.45) is 3.79. The van der Waals surface area contributed by atoms with Crippen LogP contribution in [0.2, 0.25) is 0 Å². The van der Waals surface area contributed by atoms with Gasteiger partial charge >= 0.3 is 0 Å². The first-order valence-electron chi connectivity index (χ1n) is 9.57. The van der Waals surface area contributed by atoms with Gasteiger partial charge in [-0.3, -0.25) is 9.69 Å². The van der Waals surface area contributed by atoms with Crippen molar-refractivity contribution in [2.24, 2.45) is 0 Å². The first-order chi connectivity index (χ1) is 12.1. The van der Waals surface area contributed by atoms with Crippen molar-refractivity contribution in [2.45, 2.75) is 64.4 Å². The number of hydrogen-bond acceptors (Lipinski definition) is 4. The Labute approximate surface area is 151 Å². The highest BCUT2D eigenvalue weighted by Crippen LogP contribution is 2.17. The highest BCUT2D eigenvalue weighted by atomic mass is 16.5. The lowest BCUT2D eigenvalue weighted by Gasteiger charge is -2.35. The van der Waals surface area contributed by atoms with Gasteiger partial charge in [-0.15, -0.1) is 0 Å². The number of morpholine rings is 1. The number of carbonyl (C=O) groups is 1. The Morgan fingerprint density at radius 1 is 1.20 bits per heavy atom.